The number of aryl methyl sites for hydroxylation is 1. The Labute approximate surface area is 204 Å². The van der Waals surface area contributed by atoms with Crippen molar-refractivity contribution in [3.05, 3.63) is 35.4 Å². The molecule has 1 fully saturated rings. The fourth-order valence-corrected chi connectivity index (χ4v) is 4.44. The van der Waals surface area contributed by atoms with Gasteiger partial charge in [-0.05, 0) is 18.1 Å². The van der Waals surface area contributed by atoms with Crippen LogP contribution in [-0.4, -0.2) is 91.8 Å². The molecule has 1 heterocycles. The number of Topliss-reactive ketones (excluding diaryl/α,β-unsaturated/α-hetero) is 1. The number of phenols is 3. The van der Waals surface area contributed by atoms with Crippen molar-refractivity contribution < 1.29 is 63.0 Å². The molecule has 10 N–H and O–H groups in total. The first-order valence-corrected chi connectivity index (χ1v) is 11.8. The molecule has 0 spiro atoms. The molecule has 0 amide bonds. The van der Waals surface area contributed by atoms with E-state index in [1.165, 1.54) is 0 Å². The maximum Gasteiger partial charge on any atom is 0.294 e. The zero-order chi connectivity index (χ0) is 26.9. The summed E-state index contributed by atoms with van der Waals surface area (Å²) in [5, 5.41) is 69.2. The second-order valence-corrected chi connectivity index (χ2v) is 9.46. The van der Waals surface area contributed by atoms with Crippen molar-refractivity contribution in [2.75, 3.05) is 12.3 Å². The van der Waals surface area contributed by atoms with E-state index in [2.05, 4.69) is 0 Å². The van der Waals surface area contributed by atoms with E-state index in [-0.39, 0.29) is 17.7 Å². The van der Waals surface area contributed by atoms with Gasteiger partial charge in [-0.15, -0.1) is 0 Å². The molecular formula is C21H25NO13S. The third-order valence-corrected chi connectivity index (χ3v) is 6.48. The molecule has 0 saturated carbocycles. The van der Waals surface area contributed by atoms with Crippen molar-refractivity contribution >= 4 is 21.6 Å². The number of aliphatic hydroxyl groups excluding tert-OH is 4. The average molecular weight is 531 g/mol. The highest BCUT2D eigenvalue weighted by Gasteiger charge is 2.45. The van der Waals surface area contributed by atoms with Crippen LogP contribution in [0, 0.1) is 0 Å². The number of anilines is 1. The van der Waals surface area contributed by atoms with Crippen LogP contribution in [0.5, 0.6) is 23.0 Å². The Hall–Kier alpha value is -3.18. The third-order valence-electron chi connectivity index (χ3n) is 5.55. The van der Waals surface area contributed by atoms with E-state index in [0.29, 0.717) is 0 Å². The van der Waals surface area contributed by atoms with Gasteiger partial charge in [-0.25, -0.2) is 0 Å². The molecule has 5 atom stereocenters. The minimum Gasteiger partial charge on any atom is -0.508 e. The minimum absolute atomic E-state index is 0.115. The summed E-state index contributed by atoms with van der Waals surface area (Å²) in [5.74, 6) is -3.26. The van der Waals surface area contributed by atoms with Crippen LogP contribution in [0.1, 0.15) is 22.3 Å². The van der Waals surface area contributed by atoms with Crippen molar-refractivity contribution in [3.8, 4) is 23.0 Å². The third kappa shape index (κ3) is 5.62. The van der Waals surface area contributed by atoms with Crippen LogP contribution in [0.2, 0.25) is 0 Å². The monoisotopic (exact) mass is 531 g/mol. The molecule has 3 rings (SSSR count). The second-order valence-electron chi connectivity index (χ2n) is 8.07. The summed E-state index contributed by atoms with van der Waals surface area (Å²) in [6.45, 7) is -0.756. The normalized spacial score (nSPS) is 24.4. The lowest BCUT2D eigenvalue weighted by Gasteiger charge is -2.39. The van der Waals surface area contributed by atoms with E-state index in [1.807, 2.05) is 0 Å². The quantitative estimate of drug-likeness (QED) is 0.0824. The van der Waals surface area contributed by atoms with Crippen molar-refractivity contribution in [1.82, 2.24) is 0 Å². The largest absolute Gasteiger partial charge is 0.508 e. The molecule has 36 heavy (non-hydrogen) atoms. The van der Waals surface area contributed by atoms with Crippen molar-refractivity contribution in [1.29, 1.82) is 0 Å². The number of carbonyl (C=O) groups excluding carboxylic acids is 1. The highest BCUT2D eigenvalue weighted by atomic mass is 32.2. The number of aromatic hydroxyl groups is 3. The molecule has 0 aliphatic carbocycles. The van der Waals surface area contributed by atoms with E-state index in [9.17, 15) is 53.5 Å². The Morgan fingerprint density at radius 2 is 1.67 bits per heavy atom. The van der Waals surface area contributed by atoms with Gasteiger partial charge in [0.2, 0.25) is 6.29 Å². The summed E-state index contributed by atoms with van der Waals surface area (Å²) in [7, 11) is -4.79. The van der Waals surface area contributed by atoms with E-state index >= 15 is 0 Å². The molecule has 0 bridgehead atoms. The molecule has 2 aromatic carbocycles. The van der Waals surface area contributed by atoms with Gasteiger partial charge in [0.1, 0.15) is 57.9 Å². The summed E-state index contributed by atoms with van der Waals surface area (Å²) in [6, 6.07) is 3.48. The number of benzene rings is 2. The Morgan fingerprint density at radius 1 is 1.00 bits per heavy atom. The van der Waals surface area contributed by atoms with Crippen LogP contribution < -0.4 is 10.5 Å². The molecule has 2 aromatic rings. The van der Waals surface area contributed by atoms with Crippen molar-refractivity contribution in [2.24, 2.45) is 0 Å². The summed E-state index contributed by atoms with van der Waals surface area (Å²) >= 11 is 0. The van der Waals surface area contributed by atoms with E-state index < -0.39 is 93.1 Å². The van der Waals surface area contributed by atoms with Gasteiger partial charge in [-0.2, -0.15) is 8.42 Å². The average Bonchev–Trinajstić information content (AvgIpc) is 2.78. The van der Waals surface area contributed by atoms with Crippen LogP contribution in [0.3, 0.4) is 0 Å². The standard InChI is InChI=1S/C21H25NO13S/c22-10-3-8(16(6-12(10)26)36(31,32)33)1-2-11(25)17-13(27)4-9(24)5-14(17)34-21-20(30)19(29)18(28)15(7-23)35-21/h3-6,15,18-21,23-24,26-30H,1-2,7,22H2,(H,31,32,33)/t15-,18-,19+,20-,21-/m1/s1. The SMILES string of the molecule is Nc1cc(CCC(=O)c2c(O)cc(O)cc2O[C@@H]2O[C@H](CO)[C@@H](O)[C@H](O)[C@H]2O)c(S(=O)(=O)O)cc1O. The van der Waals surface area contributed by atoms with Crippen LogP contribution in [-0.2, 0) is 21.3 Å². The number of rotatable bonds is 8. The first-order chi connectivity index (χ1) is 16.7. The number of ether oxygens (including phenoxy) is 2. The van der Waals surface area contributed by atoms with Gasteiger partial charge in [0.15, 0.2) is 5.78 Å². The fraction of sp³-hybridized carbons (Fsp3) is 0.381. The maximum absolute atomic E-state index is 13.0. The smallest absolute Gasteiger partial charge is 0.294 e. The Morgan fingerprint density at radius 3 is 2.28 bits per heavy atom. The first-order valence-electron chi connectivity index (χ1n) is 10.4. The number of nitrogen functional groups attached to an aromatic ring is 1. The Kier molecular flexibility index (Phi) is 7.94. The minimum atomic E-state index is -4.79. The van der Waals surface area contributed by atoms with Gasteiger partial charge in [-0.1, -0.05) is 0 Å². The maximum atomic E-state index is 13.0. The predicted molar refractivity (Wildman–Crippen MR) is 119 cm³/mol. The predicted octanol–water partition coefficient (Wildman–Crippen LogP) is -1.37. The summed E-state index contributed by atoms with van der Waals surface area (Å²) in [6.07, 6.45) is -9.24. The molecule has 0 unspecified atom stereocenters. The molecular weight excluding hydrogens is 506 g/mol. The van der Waals surface area contributed by atoms with Crippen LogP contribution in [0.15, 0.2) is 29.2 Å². The topological polar surface area (TPSA) is 258 Å². The first kappa shape index (κ1) is 27.4. The lowest BCUT2D eigenvalue weighted by molar-refractivity contribution is -0.277. The molecule has 198 valence electrons. The van der Waals surface area contributed by atoms with Crippen molar-refractivity contribution in [2.45, 2.75) is 48.4 Å². The van der Waals surface area contributed by atoms with Gasteiger partial charge in [0.05, 0.1) is 12.3 Å². The van der Waals surface area contributed by atoms with Crippen LogP contribution in [0.4, 0.5) is 5.69 Å². The molecule has 1 saturated heterocycles. The Bertz CT molecular complexity index is 1250. The molecule has 1 aliphatic heterocycles. The number of nitrogens with two attached hydrogens (primary N) is 1. The summed E-state index contributed by atoms with van der Waals surface area (Å²) < 4.78 is 43.4. The summed E-state index contributed by atoms with van der Waals surface area (Å²) in [4.78, 5) is 12.3. The van der Waals surface area contributed by atoms with Gasteiger partial charge in [0, 0.05) is 24.6 Å². The highest BCUT2D eigenvalue weighted by molar-refractivity contribution is 7.85. The van der Waals surface area contributed by atoms with Gasteiger partial charge in [0.25, 0.3) is 10.1 Å². The van der Waals surface area contributed by atoms with Crippen LogP contribution >= 0.6 is 0 Å². The number of carbonyl (C=O) groups is 1. The number of aliphatic hydroxyl groups is 4. The lowest BCUT2D eigenvalue weighted by Crippen LogP contribution is -2.60. The fourth-order valence-electron chi connectivity index (χ4n) is 3.69. The number of phenolic OH excluding ortho intramolecular Hbond substituents is 3. The van der Waals surface area contributed by atoms with E-state index in [4.69, 9.17) is 15.2 Å². The zero-order valence-corrected chi connectivity index (χ0v) is 19.2. The molecule has 14 nitrogen and oxygen atoms in total. The molecule has 0 aromatic heterocycles. The van der Waals surface area contributed by atoms with E-state index in [1.54, 1.807) is 0 Å². The van der Waals surface area contributed by atoms with E-state index in [0.717, 1.165) is 24.3 Å². The van der Waals surface area contributed by atoms with Gasteiger partial charge < -0.3 is 51.0 Å². The van der Waals surface area contributed by atoms with Crippen molar-refractivity contribution in [3.63, 3.8) is 0 Å². The number of ketones is 1. The van der Waals surface area contributed by atoms with Gasteiger partial charge in [-0.3, -0.25) is 9.35 Å². The number of hydrogen-bond acceptors (Lipinski definition) is 13. The number of hydrogen-bond donors (Lipinski definition) is 9. The van der Waals surface area contributed by atoms with Gasteiger partial charge >= 0.3 is 0 Å². The molecule has 15 heteroatoms. The second kappa shape index (κ2) is 10.4. The Balaban J connectivity index is 1.90. The molecule has 1 aliphatic rings. The lowest BCUT2D eigenvalue weighted by atomic mass is 9.98. The molecule has 0 radical (unpaired) electrons. The zero-order valence-electron chi connectivity index (χ0n) is 18.4. The van der Waals surface area contributed by atoms with Crippen LogP contribution in [0.25, 0.3) is 0 Å². The highest BCUT2D eigenvalue weighted by Crippen LogP contribution is 2.37. The summed E-state index contributed by atoms with van der Waals surface area (Å²) in [5.41, 5.74) is 4.74.